The maximum absolute atomic E-state index is 4.58. The van der Waals surface area contributed by atoms with E-state index >= 15 is 0 Å². The van der Waals surface area contributed by atoms with Gasteiger partial charge in [0.05, 0.1) is 0 Å². The van der Waals surface area contributed by atoms with Gasteiger partial charge in [-0.05, 0) is 25.0 Å². The van der Waals surface area contributed by atoms with Crippen molar-refractivity contribution in [2.75, 3.05) is 23.3 Å². The van der Waals surface area contributed by atoms with Crippen LogP contribution in [0.3, 0.4) is 0 Å². The number of rotatable bonds is 7. The Bertz CT molecular complexity index is 513. The van der Waals surface area contributed by atoms with Crippen LogP contribution in [0.2, 0.25) is 0 Å². The Balaban J connectivity index is 2.10. The van der Waals surface area contributed by atoms with Crippen LogP contribution in [0.1, 0.15) is 25.8 Å². The molecule has 1 heterocycles. The Kier molecular flexibility index (Phi) is 5.35. The van der Waals surface area contributed by atoms with Gasteiger partial charge in [0, 0.05) is 25.8 Å². The molecule has 0 spiro atoms. The van der Waals surface area contributed by atoms with E-state index in [0.717, 1.165) is 37.8 Å². The third-order valence-corrected chi connectivity index (χ3v) is 3.08. The smallest absolute Gasteiger partial charge is 0.227 e. The number of hydrogen-bond donors (Lipinski definition) is 1. The highest BCUT2D eigenvalue weighted by Gasteiger charge is 2.08. The zero-order valence-corrected chi connectivity index (χ0v) is 12.2. The van der Waals surface area contributed by atoms with E-state index in [4.69, 9.17) is 0 Å². The molecule has 0 saturated heterocycles. The summed E-state index contributed by atoms with van der Waals surface area (Å²) in [5.74, 6) is 1.67. The molecule has 106 valence electrons. The molecule has 0 aliphatic heterocycles. The molecule has 0 saturated carbocycles. The minimum atomic E-state index is 0.775. The van der Waals surface area contributed by atoms with Gasteiger partial charge in [-0.15, -0.1) is 0 Å². The van der Waals surface area contributed by atoms with E-state index in [0.29, 0.717) is 0 Å². The molecular weight excluding hydrogens is 248 g/mol. The quantitative estimate of drug-likeness (QED) is 0.838. The van der Waals surface area contributed by atoms with Crippen molar-refractivity contribution in [2.45, 2.75) is 26.8 Å². The third kappa shape index (κ3) is 3.95. The van der Waals surface area contributed by atoms with Gasteiger partial charge in [0.1, 0.15) is 5.82 Å². The monoisotopic (exact) mass is 270 g/mol. The van der Waals surface area contributed by atoms with Gasteiger partial charge < -0.3 is 10.2 Å². The lowest BCUT2D eigenvalue weighted by atomic mass is 10.2. The summed E-state index contributed by atoms with van der Waals surface area (Å²) in [7, 11) is 0. The summed E-state index contributed by atoms with van der Waals surface area (Å²) in [6.07, 6.45) is 2.90. The Labute approximate surface area is 120 Å². The number of anilines is 2. The van der Waals surface area contributed by atoms with Crippen molar-refractivity contribution < 1.29 is 0 Å². The molecule has 0 bridgehead atoms. The predicted octanol–water partition coefficient (Wildman–Crippen LogP) is 3.33. The summed E-state index contributed by atoms with van der Waals surface area (Å²) < 4.78 is 0. The van der Waals surface area contributed by atoms with Gasteiger partial charge in [-0.25, -0.2) is 4.98 Å². The molecule has 1 N–H and O–H groups in total. The van der Waals surface area contributed by atoms with Crippen molar-refractivity contribution in [1.82, 2.24) is 9.97 Å². The first-order chi connectivity index (χ1) is 9.83. The van der Waals surface area contributed by atoms with E-state index in [-0.39, 0.29) is 0 Å². The van der Waals surface area contributed by atoms with Crippen molar-refractivity contribution in [3.8, 4) is 0 Å². The van der Waals surface area contributed by atoms with Crippen LogP contribution >= 0.6 is 0 Å². The van der Waals surface area contributed by atoms with Crippen LogP contribution in [0, 0.1) is 0 Å². The van der Waals surface area contributed by atoms with Crippen molar-refractivity contribution >= 4 is 11.8 Å². The summed E-state index contributed by atoms with van der Waals surface area (Å²) in [6, 6.07) is 12.3. The Hall–Kier alpha value is -2.10. The molecule has 1 aromatic carbocycles. The second kappa shape index (κ2) is 7.48. The number of benzene rings is 1. The first-order valence-electron chi connectivity index (χ1n) is 7.19. The zero-order chi connectivity index (χ0) is 14.2. The van der Waals surface area contributed by atoms with Gasteiger partial charge in [-0.2, -0.15) is 4.98 Å². The average Bonchev–Trinajstić information content (AvgIpc) is 2.52. The molecule has 4 heteroatoms. The maximum atomic E-state index is 4.58. The fraction of sp³-hybridized carbons (Fsp3) is 0.375. The van der Waals surface area contributed by atoms with Gasteiger partial charge in [0.25, 0.3) is 0 Å². The SMILES string of the molecule is CCCNc1ccnc(N(CC)Cc2ccccc2)n1. The Morgan fingerprint density at radius 2 is 1.90 bits per heavy atom. The summed E-state index contributed by atoms with van der Waals surface area (Å²) in [5.41, 5.74) is 1.27. The van der Waals surface area contributed by atoms with Crippen LogP contribution in [-0.4, -0.2) is 23.1 Å². The minimum absolute atomic E-state index is 0.775. The van der Waals surface area contributed by atoms with Gasteiger partial charge in [0.15, 0.2) is 0 Å². The normalized spacial score (nSPS) is 10.3. The van der Waals surface area contributed by atoms with Crippen LogP contribution in [-0.2, 0) is 6.54 Å². The zero-order valence-electron chi connectivity index (χ0n) is 12.2. The molecule has 4 nitrogen and oxygen atoms in total. The fourth-order valence-electron chi connectivity index (χ4n) is 1.98. The molecule has 0 aliphatic carbocycles. The fourth-order valence-corrected chi connectivity index (χ4v) is 1.98. The number of aromatic nitrogens is 2. The number of nitrogens with zero attached hydrogens (tertiary/aromatic N) is 3. The standard InChI is InChI=1S/C16H22N4/c1-3-11-17-15-10-12-18-16(19-15)20(4-2)13-14-8-6-5-7-9-14/h5-10,12H,3-4,11,13H2,1-2H3,(H,17,18,19). The van der Waals surface area contributed by atoms with Crippen LogP contribution in [0.4, 0.5) is 11.8 Å². The first-order valence-corrected chi connectivity index (χ1v) is 7.19. The maximum Gasteiger partial charge on any atom is 0.227 e. The third-order valence-electron chi connectivity index (χ3n) is 3.08. The summed E-state index contributed by atoms with van der Waals surface area (Å²) in [5, 5.41) is 3.30. The summed E-state index contributed by atoms with van der Waals surface area (Å²) >= 11 is 0. The lowest BCUT2D eigenvalue weighted by Gasteiger charge is -2.21. The average molecular weight is 270 g/mol. The molecule has 20 heavy (non-hydrogen) atoms. The van der Waals surface area contributed by atoms with Crippen LogP contribution in [0.5, 0.6) is 0 Å². The largest absolute Gasteiger partial charge is 0.370 e. The first kappa shape index (κ1) is 14.3. The van der Waals surface area contributed by atoms with Gasteiger partial charge in [0.2, 0.25) is 5.95 Å². The molecule has 0 atom stereocenters. The van der Waals surface area contributed by atoms with Gasteiger partial charge in [-0.3, -0.25) is 0 Å². The van der Waals surface area contributed by atoms with Gasteiger partial charge >= 0.3 is 0 Å². The number of nitrogens with one attached hydrogen (secondary N) is 1. The Morgan fingerprint density at radius 3 is 2.60 bits per heavy atom. The molecule has 0 unspecified atom stereocenters. The lowest BCUT2D eigenvalue weighted by molar-refractivity contribution is 0.791. The molecule has 2 rings (SSSR count). The number of hydrogen-bond acceptors (Lipinski definition) is 4. The molecule has 1 aromatic heterocycles. The van der Waals surface area contributed by atoms with Crippen molar-refractivity contribution in [3.05, 3.63) is 48.2 Å². The minimum Gasteiger partial charge on any atom is -0.370 e. The lowest BCUT2D eigenvalue weighted by Crippen LogP contribution is -2.24. The molecule has 0 aliphatic rings. The summed E-state index contributed by atoms with van der Waals surface area (Å²) in [4.78, 5) is 11.1. The van der Waals surface area contributed by atoms with Crippen LogP contribution in [0.15, 0.2) is 42.6 Å². The van der Waals surface area contributed by atoms with Crippen molar-refractivity contribution in [2.24, 2.45) is 0 Å². The van der Waals surface area contributed by atoms with Crippen LogP contribution < -0.4 is 10.2 Å². The highest BCUT2D eigenvalue weighted by atomic mass is 15.3. The van der Waals surface area contributed by atoms with E-state index in [1.807, 2.05) is 18.3 Å². The van der Waals surface area contributed by atoms with Crippen molar-refractivity contribution in [3.63, 3.8) is 0 Å². The molecule has 0 fully saturated rings. The van der Waals surface area contributed by atoms with Crippen LogP contribution in [0.25, 0.3) is 0 Å². The topological polar surface area (TPSA) is 41.1 Å². The van der Waals surface area contributed by atoms with Crippen molar-refractivity contribution in [1.29, 1.82) is 0 Å². The Morgan fingerprint density at radius 1 is 1.10 bits per heavy atom. The van der Waals surface area contributed by atoms with Gasteiger partial charge in [-0.1, -0.05) is 37.3 Å². The predicted molar refractivity (Wildman–Crippen MR) is 84.0 cm³/mol. The van der Waals surface area contributed by atoms with E-state index < -0.39 is 0 Å². The van der Waals surface area contributed by atoms with E-state index in [1.165, 1.54) is 5.56 Å². The molecule has 2 aromatic rings. The second-order valence-electron chi connectivity index (χ2n) is 4.67. The molecule has 0 radical (unpaired) electrons. The highest BCUT2D eigenvalue weighted by Crippen LogP contribution is 2.14. The summed E-state index contributed by atoms with van der Waals surface area (Å²) in [6.45, 7) is 6.91. The highest BCUT2D eigenvalue weighted by molar-refractivity contribution is 5.41. The van der Waals surface area contributed by atoms with E-state index in [1.54, 1.807) is 0 Å². The van der Waals surface area contributed by atoms with E-state index in [9.17, 15) is 0 Å². The molecule has 0 amide bonds. The second-order valence-corrected chi connectivity index (χ2v) is 4.67. The molecular formula is C16H22N4. The van der Waals surface area contributed by atoms with E-state index in [2.05, 4.69) is 58.3 Å².